The number of nitrogens with two attached hydrogens (primary N) is 1. The second-order valence-corrected chi connectivity index (χ2v) is 5.79. The van der Waals surface area contributed by atoms with Gasteiger partial charge in [-0.15, -0.1) is 5.10 Å². The largest absolute Gasteiger partial charge is 0.494 e. The topological polar surface area (TPSA) is 78.8 Å². The molecule has 1 aromatic heterocycles. The lowest BCUT2D eigenvalue weighted by Gasteiger charge is -2.26. The van der Waals surface area contributed by atoms with Crippen LogP contribution in [0.25, 0.3) is 11.4 Å². The highest BCUT2D eigenvalue weighted by Crippen LogP contribution is 2.37. The van der Waals surface area contributed by atoms with Crippen LogP contribution in [0, 0.1) is 5.92 Å². The highest BCUT2D eigenvalue weighted by molar-refractivity contribution is 5.73. The van der Waals surface area contributed by atoms with Crippen LogP contribution in [0.15, 0.2) is 18.2 Å². The van der Waals surface area contributed by atoms with Gasteiger partial charge in [0.05, 0.1) is 24.4 Å². The number of anilines is 1. The van der Waals surface area contributed by atoms with E-state index in [9.17, 15) is 0 Å². The van der Waals surface area contributed by atoms with Gasteiger partial charge < -0.3 is 10.5 Å². The van der Waals surface area contributed by atoms with Crippen LogP contribution in [-0.4, -0.2) is 27.3 Å². The van der Waals surface area contributed by atoms with Gasteiger partial charge in [0.25, 0.3) is 0 Å². The number of nitrogen functional groups attached to an aromatic ring is 1. The Bertz CT molecular complexity index is 616. The van der Waals surface area contributed by atoms with Crippen LogP contribution in [0.3, 0.4) is 0 Å². The van der Waals surface area contributed by atoms with Gasteiger partial charge in [-0.25, -0.2) is 4.68 Å². The Balaban J connectivity index is 1.98. The van der Waals surface area contributed by atoms with Gasteiger partial charge in [0.2, 0.25) is 0 Å². The molecule has 2 aromatic rings. The molecule has 1 aliphatic rings. The monoisotopic (exact) mass is 287 g/mol. The molecule has 0 saturated heterocycles. The summed E-state index contributed by atoms with van der Waals surface area (Å²) >= 11 is 0. The predicted octanol–water partition coefficient (Wildman–Crippen LogP) is 2.68. The summed E-state index contributed by atoms with van der Waals surface area (Å²) in [5, 5.41) is 12.3. The van der Waals surface area contributed by atoms with E-state index < -0.39 is 0 Å². The molecule has 21 heavy (non-hydrogen) atoms. The zero-order valence-corrected chi connectivity index (χ0v) is 12.5. The van der Waals surface area contributed by atoms with Gasteiger partial charge in [-0.05, 0) is 54.2 Å². The van der Waals surface area contributed by atoms with Crippen LogP contribution in [-0.2, 0) is 0 Å². The molecule has 112 valence electrons. The van der Waals surface area contributed by atoms with E-state index in [1.165, 1.54) is 12.8 Å². The van der Waals surface area contributed by atoms with Crippen molar-refractivity contribution in [3.63, 3.8) is 0 Å². The number of aromatic nitrogens is 4. The molecule has 0 unspecified atom stereocenters. The summed E-state index contributed by atoms with van der Waals surface area (Å²) in [5.41, 5.74) is 7.43. The molecule has 1 fully saturated rings. The van der Waals surface area contributed by atoms with Crippen molar-refractivity contribution >= 4 is 5.69 Å². The summed E-state index contributed by atoms with van der Waals surface area (Å²) in [6.07, 6.45) is 4.67. The number of benzene rings is 1. The molecule has 0 atom stereocenters. The normalized spacial score (nSPS) is 22.2. The quantitative estimate of drug-likeness (QED) is 0.878. The summed E-state index contributed by atoms with van der Waals surface area (Å²) in [6.45, 7) is 2.30. The molecule has 1 aliphatic carbocycles. The van der Waals surface area contributed by atoms with E-state index in [1.807, 2.05) is 22.9 Å². The summed E-state index contributed by atoms with van der Waals surface area (Å²) in [6, 6.07) is 6.02. The number of hydrogen-bond donors (Lipinski definition) is 1. The van der Waals surface area contributed by atoms with Crippen LogP contribution < -0.4 is 10.5 Å². The van der Waals surface area contributed by atoms with Gasteiger partial charge in [0.15, 0.2) is 11.6 Å². The Morgan fingerprint density at radius 2 is 2.00 bits per heavy atom. The lowest BCUT2D eigenvalue weighted by atomic mass is 9.87. The van der Waals surface area contributed by atoms with Crippen molar-refractivity contribution in [3.05, 3.63) is 18.2 Å². The molecule has 6 heteroatoms. The lowest BCUT2D eigenvalue weighted by Crippen LogP contribution is -2.19. The fourth-order valence-electron chi connectivity index (χ4n) is 3.06. The summed E-state index contributed by atoms with van der Waals surface area (Å²) in [4.78, 5) is 0. The Morgan fingerprint density at radius 1 is 1.24 bits per heavy atom. The van der Waals surface area contributed by atoms with E-state index in [0.29, 0.717) is 17.5 Å². The minimum absolute atomic E-state index is 0.359. The molecule has 0 aliphatic heterocycles. The SMILES string of the molecule is COc1c(N)cccc1-c1nnnn1C1CCC(C)CC1. The van der Waals surface area contributed by atoms with Crippen LogP contribution >= 0.6 is 0 Å². The second-order valence-electron chi connectivity index (χ2n) is 5.79. The maximum atomic E-state index is 5.98. The summed E-state index contributed by atoms with van der Waals surface area (Å²) < 4.78 is 7.36. The Hall–Kier alpha value is -2.11. The second kappa shape index (κ2) is 5.71. The summed E-state index contributed by atoms with van der Waals surface area (Å²) in [7, 11) is 1.62. The predicted molar refractivity (Wildman–Crippen MR) is 80.9 cm³/mol. The number of hydrogen-bond acceptors (Lipinski definition) is 5. The standard InChI is InChI=1S/C15H21N5O/c1-10-6-8-11(9-7-10)20-15(17-18-19-20)12-4-3-5-13(16)14(12)21-2/h3-5,10-11H,6-9,16H2,1-2H3. The number of ether oxygens (including phenoxy) is 1. The van der Waals surface area contributed by atoms with Crippen LogP contribution in [0.1, 0.15) is 38.6 Å². The maximum absolute atomic E-state index is 5.98. The third-order valence-electron chi connectivity index (χ3n) is 4.31. The van der Waals surface area contributed by atoms with Crippen LogP contribution in [0.4, 0.5) is 5.69 Å². The molecule has 0 amide bonds. The third-order valence-corrected chi connectivity index (χ3v) is 4.31. The Morgan fingerprint density at radius 3 is 2.71 bits per heavy atom. The van der Waals surface area contributed by atoms with Gasteiger partial charge in [0, 0.05) is 0 Å². The molecule has 2 N–H and O–H groups in total. The van der Waals surface area contributed by atoms with Crippen molar-refractivity contribution < 1.29 is 4.74 Å². The Labute approximate surface area is 124 Å². The van der Waals surface area contributed by atoms with Gasteiger partial charge in [-0.2, -0.15) is 0 Å². The first-order chi connectivity index (χ1) is 10.2. The smallest absolute Gasteiger partial charge is 0.186 e. The minimum atomic E-state index is 0.359. The van der Waals surface area contributed by atoms with E-state index in [-0.39, 0.29) is 0 Å². The first kappa shape index (κ1) is 13.9. The zero-order chi connectivity index (χ0) is 14.8. The van der Waals surface area contributed by atoms with Crippen LogP contribution in [0.5, 0.6) is 5.75 Å². The number of tetrazole rings is 1. The molecule has 6 nitrogen and oxygen atoms in total. The fraction of sp³-hybridized carbons (Fsp3) is 0.533. The molecule has 0 radical (unpaired) electrons. The van der Waals surface area contributed by atoms with Gasteiger partial charge in [-0.3, -0.25) is 0 Å². The minimum Gasteiger partial charge on any atom is -0.494 e. The molecule has 0 spiro atoms. The molecule has 1 aromatic carbocycles. The maximum Gasteiger partial charge on any atom is 0.186 e. The van der Waals surface area contributed by atoms with Crippen molar-refractivity contribution in [1.82, 2.24) is 20.2 Å². The van der Waals surface area contributed by atoms with E-state index in [2.05, 4.69) is 22.4 Å². The van der Waals surface area contributed by atoms with E-state index >= 15 is 0 Å². The highest BCUT2D eigenvalue weighted by Gasteiger charge is 2.25. The molecule has 1 heterocycles. The van der Waals surface area contributed by atoms with E-state index in [0.717, 1.165) is 30.1 Å². The first-order valence-corrected chi connectivity index (χ1v) is 7.41. The van der Waals surface area contributed by atoms with E-state index in [1.54, 1.807) is 7.11 Å². The number of methoxy groups -OCH3 is 1. The van der Waals surface area contributed by atoms with Gasteiger partial charge in [-0.1, -0.05) is 13.0 Å². The van der Waals surface area contributed by atoms with Crippen LogP contribution in [0.2, 0.25) is 0 Å². The lowest BCUT2D eigenvalue weighted by molar-refractivity contribution is 0.272. The fourth-order valence-corrected chi connectivity index (χ4v) is 3.06. The Kier molecular flexibility index (Phi) is 3.77. The van der Waals surface area contributed by atoms with Gasteiger partial charge in [0.1, 0.15) is 0 Å². The number of para-hydroxylation sites is 1. The number of nitrogens with zero attached hydrogens (tertiary/aromatic N) is 4. The zero-order valence-electron chi connectivity index (χ0n) is 12.5. The first-order valence-electron chi connectivity index (χ1n) is 7.41. The highest BCUT2D eigenvalue weighted by atomic mass is 16.5. The third kappa shape index (κ3) is 2.57. The van der Waals surface area contributed by atoms with Crippen molar-refractivity contribution in [2.45, 2.75) is 38.6 Å². The van der Waals surface area contributed by atoms with Crippen molar-refractivity contribution in [3.8, 4) is 17.1 Å². The van der Waals surface area contributed by atoms with Crippen molar-refractivity contribution in [1.29, 1.82) is 0 Å². The molecule has 3 rings (SSSR count). The molecule has 0 bridgehead atoms. The average molecular weight is 287 g/mol. The average Bonchev–Trinajstić information content (AvgIpc) is 2.97. The molecular formula is C15H21N5O. The van der Waals surface area contributed by atoms with E-state index in [4.69, 9.17) is 10.5 Å². The summed E-state index contributed by atoms with van der Waals surface area (Å²) in [5.74, 6) is 2.17. The molecular weight excluding hydrogens is 266 g/mol. The van der Waals surface area contributed by atoms with Crippen molar-refractivity contribution in [2.75, 3.05) is 12.8 Å². The van der Waals surface area contributed by atoms with Gasteiger partial charge >= 0.3 is 0 Å². The van der Waals surface area contributed by atoms with Crippen molar-refractivity contribution in [2.24, 2.45) is 5.92 Å². The molecule has 1 saturated carbocycles. The number of rotatable bonds is 3.